The van der Waals surface area contributed by atoms with E-state index in [0.717, 1.165) is 10.5 Å². The van der Waals surface area contributed by atoms with Crippen molar-refractivity contribution in [2.45, 2.75) is 6.92 Å². The van der Waals surface area contributed by atoms with E-state index in [9.17, 15) is 14.4 Å². The van der Waals surface area contributed by atoms with Gasteiger partial charge in [0.25, 0.3) is 17.7 Å². The molecule has 0 atom stereocenters. The first-order valence-electron chi connectivity index (χ1n) is 7.99. The Hall–Kier alpha value is -3.67. The van der Waals surface area contributed by atoms with E-state index in [4.69, 9.17) is 4.42 Å². The zero-order valence-electron chi connectivity index (χ0n) is 13.9. The molecule has 0 bridgehead atoms. The number of hydrogen-bond donors (Lipinski definition) is 1. The van der Waals surface area contributed by atoms with Gasteiger partial charge in [-0.3, -0.25) is 14.4 Å². The van der Waals surface area contributed by atoms with Crippen LogP contribution in [-0.2, 0) is 0 Å². The molecule has 3 amide bonds. The average molecular weight is 346 g/mol. The second-order valence-corrected chi connectivity index (χ2v) is 5.92. The fraction of sp³-hybridized carbons (Fsp3) is 0.0500. The minimum absolute atomic E-state index is 0.174. The Kier molecular flexibility index (Phi) is 3.65. The van der Waals surface area contributed by atoms with E-state index in [1.165, 1.54) is 6.26 Å². The van der Waals surface area contributed by atoms with Gasteiger partial charge in [0, 0.05) is 5.69 Å². The van der Waals surface area contributed by atoms with Gasteiger partial charge in [0.1, 0.15) is 0 Å². The third-order valence-corrected chi connectivity index (χ3v) is 4.25. The number of aryl methyl sites for hydroxylation is 1. The first kappa shape index (κ1) is 15.8. The van der Waals surface area contributed by atoms with Crippen LogP contribution in [0, 0.1) is 6.92 Å². The van der Waals surface area contributed by atoms with Crippen LogP contribution in [0.2, 0.25) is 0 Å². The van der Waals surface area contributed by atoms with Crippen LogP contribution in [0.15, 0.2) is 65.3 Å². The Balaban J connectivity index is 1.69. The highest BCUT2D eigenvalue weighted by Crippen LogP contribution is 2.32. The minimum atomic E-state index is -0.410. The van der Waals surface area contributed by atoms with Gasteiger partial charge in [-0.05, 0) is 48.9 Å². The lowest BCUT2D eigenvalue weighted by molar-refractivity contribution is 0.0924. The van der Waals surface area contributed by atoms with E-state index in [1.54, 1.807) is 61.5 Å². The number of carbonyl (C=O) groups excluding carboxylic acids is 3. The molecule has 4 rings (SSSR count). The molecule has 6 heteroatoms. The molecule has 0 radical (unpaired) electrons. The van der Waals surface area contributed by atoms with Gasteiger partial charge in [0.2, 0.25) is 0 Å². The third kappa shape index (κ3) is 2.48. The number of anilines is 2. The topological polar surface area (TPSA) is 79.6 Å². The highest BCUT2D eigenvalue weighted by Gasteiger charge is 2.37. The predicted octanol–water partition coefficient (Wildman–Crippen LogP) is 3.64. The van der Waals surface area contributed by atoms with Crippen LogP contribution in [0.3, 0.4) is 0 Å². The van der Waals surface area contributed by atoms with Crippen molar-refractivity contribution in [2.24, 2.45) is 0 Å². The number of nitrogens with zero attached hydrogens (tertiary/aromatic N) is 1. The fourth-order valence-electron chi connectivity index (χ4n) is 2.94. The van der Waals surface area contributed by atoms with Gasteiger partial charge in [-0.25, -0.2) is 4.90 Å². The van der Waals surface area contributed by atoms with Crippen molar-refractivity contribution in [3.05, 3.63) is 83.3 Å². The lowest BCUT2D eigenvalue weighted by atomic mass is 10.1. The molecule has 2 aromatic carbocycles. The van der Waals surface area contributed by atoms with E-state index < -0.39 is 5.91 Å². The molecule has 1 aliphatic rings. The lowest BCUT2D eigenvalue weighted by Gasteiger charge is -2.18. The van der Waals surface area contributed by atoms with Gasteiger partial charge in [-0.2, -0.15) is 0 Å². The normalized spacial score (nSPS) is 13.0. The van der Waals surface area contributed by atoms with Crippen LogP contribution in [-0.4, -0.2) is 17.7 Å². The van der Waals surface area contributed by atoms with Crippen molar-refractivity contribution in [1.29, 1.82) is 0 Å². The maximum absolute atomic E-state index is 12.7. The van der Waals surface area contributed by atoms with Crippen molar-refractivity contribution >= 4 is 29.1 Å². The van der Waals surface area contributed by atoms with E-state index in [1.807, 2.05) is 0 Å². The summed E-state index contributed by atoms with van der Waals surface area (Å²) in [5.74, 6) is -0.980. The number of amides is 3. The van der Waals surface area contributed by atoms with Crippen LogP contribution < -0.4 is 10.2 Å². The molecular weight excluding hydrogens is 332 g/mol. The molecule has 0 aliphatic carbocycles. The summed E-state index contributed by atoms with van der Waals surface area (Å²) in [5.41, 5.74) is 2.40. The second kappa shape index (κ2) is 6.00. The maximum Gasteiger partial charge on any atom is 0.291 e. The SMILES string of the molecule is Cc1ccc(NC(=O)c2ccco2)cc1N1C(=O)c2ccccc2C1=O. The zero-order valence-corrected chi connectivity index (χ0v) is 13.9. The Morgan fingerprint density at radius 2 is 1.65 bits per heavy atom. The Bertz CT molecular complexity index is 1000. The summed E-state index contributed by atoms with van der Waals surface area (Å²) in [6.45, 7) is 1.80. The summed E-state index contributed by atoms with van der Waals surface area (Å²) in [5, 5.41) is 2.70. The molecule has 0 fully saturated rings. The molecule has 0 spiro atoms. The molecule has 1 aromatic heterocycles. The van der Waals surface area contributed by atoms with Crippen molar-refractivity contribution in [1.82, 2.24) is 0 Å². The molecule has 0 saturated carbocycles. The number of carbonyl (C=O) groups is 3. The average Bonchev–Trinajstić information content (AvgIpc) is 3.26. The zero-order chi connectivity index (χ0) is 18.3. The number of imide groups is 1. The Labute approximate surface area is 149 Å². The summed E-state index contributed by atoms with van der Waals surface area (Å²) in [6, 6.07) is 14.9. The predicted molar refractivity (Wildman–Crippen MR) is 95.4 cm³/mol. The largest absolute Gasteiger partial charge is 0.459 e. The summed E-state index contributed by atoms with van der Waals surface area (Å²) >= 11 is 0. The van der Waals surface area contributed by atoms with Crippen LogP contribution in [0.25, 0.3) is 0 Å². The van der Waals surface area contributed by atoms with E-state index in [0.29, 0.717) is 22.5 Å². The Morgan fingerprint density at radius 1 is 0.962 bits per heavy atom. The number of furan rings is 1. The first-order valence-corrected chi connectivity index (χ1v) is 7.99. The van der Waals surface area contributed by atoms with Gasteiger partial charge < -0.3 is 9.73 Å². The summed E-state index contributed by atoms with van der Waals surface area (Å²) in [6.07, 6.45) is 1.41. The lowest BCUT2D eigenvalue weighted by Crippen LogP contribution is -2.30. The standard InChI is InChI=1S/C20H14N2O4/c1-12-8-9-13(21-18(23)17-7-4-10-26-17)11-16(12)22-19(24)14-5-2-3-6-15(14)20(22)25/h2-11H,1H3,(H,21,23). The smallest absolute Gasteiger partial charge is 0.291 e. The molecule has 1 N–H and O–H groups in total. The third-order valence-electron chi connectivity index (χ3n) is 4.25. The highest BCUT2D eigenvalue weighted by molar-refractivity contribution is 6.34. The fourth-order valence-corrected chi connectivity index (χ4v) is 2.94. The molecule has 2 heterocycles. The molecule has 26 heavy (non-hydrogen) atoms. The molecule has 0 saturated heterocycles. The van der Waals surface area contributed by atoms with Gasteiger partial charge in [-0.1, -0.05) is 18.2 Å². The van der Waals surface area contributed by atoms with Crippen LogP contribution >= 0.6 is 0 Å². The van der Waals surface area contributed by atoms with Gasteiger partial charge in [0.05, 0.1) is 23.1 Å². The van der Waals surface area contributed by atoms with Crippen molar-refractivity contribution in [3.8, 4) is 0 Å². The van der Waals surface area contributed by atoms with Crippen molar-refractivity contribution in [3.63, 3.8) is 0 Å². The Morgan fingerprint density at radius 3 is 2.27 bits per heavy atom. The minimum Gasteiger partial charge on any atom is -0.459 e. The van der Waals surface area contributed by atoms with Gasteiger partial charge in [0.15, 0.2) is 5.76 Å². The molecule has 3 aromatic rings. The number of nitrogens with one attached hydrogen (secondary N) is 1. The van der Waals surface area contributed by atoms with Crippen molar-refractivity contribution in [2.75, 3.05) is 10.2 Å². The van der Waals surface area contributed by atoms with E-state index in [2.05, 4.69) is 5.32 Å². The maximum atomic E-state index is 12.7. The monoisotopic (exact) mass is 346 g/mol. The highest BCUT2D eigenvalue weighted by atomic mass is 16.3. The van der Waals surface area contributed by atoms with Crippen molar-refractivity contribution < 1.29 is 18.8 Å². The van der Waals surface area contributed by atoms with Gasteiger partial charge >= 0.3 is 0 Å². The van der Waals surface area contributed by atoms with Crippen LogP contribution in [0.1, 0.15) is 36.8 Å². The van der Waals surface area contributed by atoms with Crippen LogP contribution in [0.4, 0.5) is 11.4 Å². The quantitative estimate of drug-likeness (QED) is 0.734. The number of fused-ring (bicyclic) bond motifs is 1. The summed E-state index contributed by atoms with van der Waals surface area (Å²) < 4.78 is 5.07. The molecule has 1 aliphatic heterocycles. The second-order valence-electron chi connectivity index (χ2n) is 5.92. The number of hydrogen-bond acceptors (Lipinski definition) is 4. The first-order chi connectivity index (χ1) is 12.6. The molecular formula is C20H14N2O4. The molecule has 6 nitrogen and oxygen atoms in total. The summed E-state index contributed by atoms with van der Waals surface area (Å²) in [7, 11) is 0. The molecule has 0 unspecified atom stereocenters. The van der Waals surface area contributed by atoms with Gasteiger partial charge in [-0.15, -0.1) is 0 Å². The molecule has 128 valence electrons. The number of rotatable bonds is 3. The van der Waals surface area contributed by atoms with E-state index >= 15 is 0 Å². The number of benzene rings is 2. The van der Waals surface area contributed by atoms with Crippen LogP contribution in [0.5, 0.6) is 0 Å². The van der Waals surface area contributed by atoms with E-state index in [-0.39, 0.29) is 17.6 Å². The summed E-state index contributed by atoms with van der Waals surface area (Å²) in [4.78, 5) is 38.7.